The molecule has 0 aromatic heterocycles. The highest BCUT2D eigenvalue weighted by molar-refractivity contribution is 6.33. The maximum absolute atomic E-state index is 14.9. The molecule has 15 nitrogen and oxygen atoms in total. The molecule has 0 saturated carbocycles. The van der Waals surface area contributed by atoms with Gasteiger partial charge in [0, 0.05) is 56.2 Å². The normalized spacial score (nSPS) is 28.2. The van der Waals surface area contributed by atoms with Gasteiger partial charge >= 0.3 is 6.18 Å². The highest BCUT2D eigenvalue weighted by Gasteiger charge is 2.65. The predicted molar refractivity (Wildman–Crippen MR) is 232 cm³/mol. The molecule has 21 heteroatoms. The van der Waals surface area contributed by atoms with Crippen LogP contribution in [-0.2, 0) is 44.7 Å². The van der Waals surface area contributed by atoms with E-state index in [9.17, 15) is 51.1 Å². The lowest BCUT2D eigenvalue weighted by molar-refractivity contribution is -0.281. The Morgan fingerprint density at radius 2 is 1.72 bits per heavy atom. The smallest absolute Gasteiger partial charge is 0.357 e. The number of nitrogens with one attached hydrogen (secondary N) is 3. The van der Waals surface area contributed by atoms with Crippen LogP contribution in [-0.4, -0.2) is 155 Å². The SMILES string of the molecule is CCN(C(=O)[C@H](C)NC(=O)[C@@H]1C[C@@H](F)CN1C(=O)C1(C(F)(F)F)CCCCO1)[C@H]1CCCCNC(=O)[C@H]2CCCN2C(=O)[C@H](Cc2cc(Cl)ccc2Cl)N(C)C(=O)[C@H](CC(C)C)NC1=O. The van der Waals surface area contributed by atoms with Gasteiger partial charge in [-0.15, -0.1) is 0 Å². The minimum atomic E-state index is -5.14. The van der Waals surface area contributed by atoms with Gasteiger partial charge in [0.15, 0.2) is 0 Å². The van der Waals surface area contributed by atoms with Gasteiger partial charge in [0.1, 0.15) is 42.4 Å². The first-order chi connectivity index (χ1) is 30.6. The molecular weight excluding hydrogens is 901 g/mol. The summed E-state index contributed by atoms with van der Waals surface area (Å²) in [4.78, 5) is 103. The van der Waals surface area contributed by atoms with Crippen molar-refractivity contribution in [2.75, 3.05) is 39.8 Å². The molecule has 4 heterocycles. The number of carbonyl (C=O) groups is 7. The third-order valence-corrected chi connectivity index (χ3v) is 13.4. The zero-order valence-corrected chi connectivity index (χ0v) is 39.0. The summed E-state index contributed by atoms with van der Waals surface area (Å²) >= 11 is 12.9. The number of hydrogen-bond acceptors (Lipinski definition) is 8. The van der Waals surface area contributed by atoms with Crippen LogP contribution in [0.1, 0.15) is 97.5 Å². The quantitative estimate of drug-likeness (QED) is 0.290. The Balaban J connectivity index is 1.41. The zero-order chi connectivity index (χ0) is 48.0. The van der Waals surface area contributed by atoms with E-state index in [4.69, 9.17) is 27.9 Å². The van der Waals surface area contributed by atoms with E-state index in [0.717, 1.165) is 0 Å². The van der Waals surface area contributed by atoms with Crippen molar-refractivity contribution in [1.29, 1.82) is 0 Å². The number of likely N-dealkylation sites (tertiary alicyclic amines) is 1. The van der Waals surface area contributed by atoms with Crippen LogP contribution in [0.15, 0.2) is 18.2 Å². The van der Waals surface area contributed by atoms with E-state index in [1.165, 1.54) is 28.7 Å². The average Bonchev–Trinajstić information content (AvgIpc) is 3.91. The standard InChI is InChI=1S/C44H61Cl2F4N7O8/c1-6-55(39(61)26(4)52-38(60)34-23-29(47)24-57(34)42(64)43(44(48,49)50)16-8-10-19-65-43)33-12-7-9-17-51-36(58)32-13-11-18-56(32)41(63)35(22-27-21-28(45)14-15-30(27)46)54(5)40(62)31(20-25(2)3)53-37(33)59/h14-15,21,25-26,29,31-35H,6-13,16-20,22-24H2,1-5H3,(H,51,58)(H,52,60)(H,53,59)/t26-,29+,31-,32+,33-,34-,35-,43?/m0/s1. The molecule has 1 aromatic carbocycles. The Kier molecular flexibility index (Phi) is 17.6. The van der Waals surface area contributed by atoms with Gasteiger partial charge < -0.3 is 40.3 Å². The second kappa shape index (κ2) is 22.0. The van der Waals surface area contributed by atoms with E-state index in [1.807, 2.05) is 13.8 Å². The molecule has 0 radical (unpaired) electrons. The lowest BCUT2D eigenvalue weighted by Crippen LogP contribution is -2.63. The van der Waals surface area contributed by atoms with Crippen molar-refractivity contribution < 1.29 is 55.9 Å². The fourth-order valence-corrected chi connectivity index (χ4v) is 9.71. The summed E-state index contributed by atoms with van der Waals surface area (Å²) in [7, 11) is 1.44. The number of nitrogens with zero attached hydrogens (tertiary/aromatic N) is 4. The third kappa shape index (κ3) is 11.8. The average molecular weight is 963 g/mol. The van der Waals surface area contributed by atoms with E-state index < -0.39 is 109 Å². The van der Waals surface area contributed by atoms with Crippen molar-refractivity contribution in [3.8, 4) is 0 Å². The van der Waals surface area contributed by atoms with Crippen LogP contribution in [0.3, 0.4) is 0 Å². The van der Waals surface area contributed by atoms with Gasteiger partial charge in [-0.2, -0.15) is 13.2 Å². The Morgan fingerprint density at radius 1 is 1.00 bits per heavy atom. The number of hydrogen-bond donors (Lipinski definition) is 3. The molecule has 0 bridgehead atoms. The van der Waals surface area contributed by atoms with E-state index in [-0.39, 0.29) is 70.2 Å². The summed E-state index contributed by atoms with van der Waals surface area (Å²) in [5, 5.41) is 8.85. The molecule has 65 heavy (non-hydrogen) atoms. The Bertz CT molecular complexity index is 1940. The molecule has 5 rings (SSSR count). The molecular formula is C44H61Cl2F4N7O8. The number of amides is 7. The van der Waals surface area contributed by atoms with Crippen molar-refractivity contribution in [1.82, 2.24) is 35.6 Å². The monoisotopic (exact) mass is 961 g/mol. The minimum Gasteiger partial charge on any atom is -0.357 e. The van der Waals surface area contributed by atoms with Crippen LogP contribution in [0, 0.1) is 5.92 Å². The van der Waals surface area contributed by atoms with Crippen molar-refractivity contribution in [2.24, 2.45) is 5.92 Å². The van der Waals surface area contributed by atoms with Crippen LogP contribution in [0.25, 0.3) is 0 Å². The number of rotatable bonds is 10. The molecule has 8 atom stereocenters. The summed E-state index contributed by atoms with van der Waals surface area (Å²) in [5.41, 5.74) is -2.76. The fraction of sp³-hybridized carbons (Fsp3) is 0.705. The van der Waals surface area contributed by atoms with Crippen molar-refractivity contribution >= 4 is 64.6 Å². The summed E-state index contributed by atoms with van der Waals surface area (Å²) in [6, 6.07) is -2.73. The van der Waals surface area contributed by atoms with Gasteiger partial charge in [-0.3, -0.25) is 33.6 Å². The molecule has 4 fully saturated rings. The van der Waals surface area contributed by atoms with E-state index in [1.54, 1.807) is 25.1 Å². The Morgan fingerprint density at radius 3 is 2.37 bits per heavy atom. The summed E-state index contributed by atoms with van der Waals surface area (Å²) < 4.78 is 63.2. The summed E-state index contributed by atoms with van der Waals surface area (Å²) in [6.07, 6.45) is -6.20. The second-order valence-electron chi connectivity index (χ2n) is 17.9. The van der Waals surface area contributed by atoms with E-state index in [0.29, 0.717) is 46.2 Å². The highest BCUT2D eigenvalue weighted by Crippen LogP contribution is 2.43. The van der Waals surface area contributed by atoms with Crippen molar-refractivity contribution in [3.63, 3.8) is 0 Å². The number of fused-ring (bicyclic) bond motifs is 1. The molecule has 4 aliphatic heterocycles. The first kappa shape index (κ1) is 51.7. The molecule has 0 spiro atoms. The van der Waals surface area contributed by atoms with Gasteiger partial charge in [0.25, 0.3) is 5.91 Å². The van der Waals surface area contributed by atoms with Gasteiger partial charge in [0.05, 0.1) is 6.54 Å². The van der Waals surface area contributed by atoms with Gasteiger partial charge in [0.2, 0.25) is 41.0 Å². The summed E-state index contributed by atoms with van der Waals surface area (Å²) in [5.74, 6) is -5.73. The molecule has 4 saturated heterocycles. The topological polar surface area (TPSA) is 178 Å². The molecule has 0 aliphatic carbocycles. The number of halogens is 6. The first-order valence-electron chi connectivity index (χ1n) is 22.5. The lowest BCUT2D eigenvalue weighted by Gasteiger charge is -2.40. The van der Waals surface area contributed by atoms with E-state index in [2.05, 4.69) is 16.0 Å². The molecule has 1 unspecified atom stereocenters. The molecule has 362 valence electrons. The second-order valence-corrected chi connectivity index (χ2v) is 18.7. The van der Waals surface area contributed by atoms with Crippen LogP contribution >= 0.6 is 23.2 Å². The van der Waals surface area contributed by atoms with Gasteiger partial charge in [-0.25, -0.2) is 4.39 Å². The number of ether oxygens (including phenoxy) is 1. The van der Waals surface area contributed by atoms with Crippen LogP contribution < -0.4 is 16.0 Å². The number of benzene rings is 1. The number of likely N-dealkylation sites (N-methyl/N-ethyl adjacent to an activating group) is 2. The van der Waals surface area contributed by atoms with Crippen LogP contribution in [0.4, 0.5) is 17.6 Å². The summed E-state index contributed by atoms with van der Waals surface area (Å²) in [6.45, 7) is 5.86. The first-order valence-corrected chi connectivity index (χ1v) is 23.2. The number of carbonyl (C=O) groups excluding carboxylic acids is 7. The molecule has 7 amide bonds. The Labute approximate surface area is 386 Å². The van der Waals surface area contributed by atoms with Gasteiger partial charge in [-0.1, -0.05) is 37.0 Å². The molecule has 1 aromatic rings. The number of alkyl halides is 4. The van der Waals surface area contributed by atoms with Crippen molar-refractivity contribution in [3.05, 3.63) is 33.8 Å². The maximum atomic E-state index is 14.9. The fourth-order valence-electron chi connectivity index (χ4n) is 9.32. The van der Waals surface area contributed by atoms with Crippen LogP contribution in [0.2, 0.25) is 10.0 Å². The van der Waals surface area contributed by atoms with Crippen molar-refractivity contribution in [2.45, 2.75) is 153 Å². The van der Waals surface area contributed by atoms with Gasteiger partial charge in [-0.05, 0) is 101 Å². The highest BCUT2D eigenvalue weighted by atomic mass is 35.5. The third-order valence-electron chi connectivity index (χ3n) is 12.8. The minimum absolute atomic E-state index is 0.0263. The largest absolute Gasteiger partial charge is 0.426 e. The zero-order valence-electron chi connectivity index (χ0n) is 37.5. The predicted octanol–water partition coefficient (Wildman–Crippen LogP) is 4.35. The molecule has 4 aliphatic rings. The van der Waals surface area contributed by atoms with Crippen LogP contribution in [0.5, 0.6) is 0 Å². The lowest BCUT2D eigenvalue weighted by atomic mass is 9.91. The van der Waals surface area contributed by atoms with E-state index >= 15 is 0 Å². The maximum Gasteiger partial charge on any atom is 0.426 e. The molecule has 3 N–H and O–H groups in total. The Hall–Kier alpha value is -4.23.